The van der Waals surface area contributed by atoms with Gasteiger partial charge in [-0.15, -0.1) is 0 Å². The molecule has 0 amide bonds. The van der Waals surface area contributed by atoms with E-state index in [2.05, 4.69) is 11.6 Å². The van der Waals surface area contributed by atoms with Gasteiger partial charge < -0.3 is 5.32 Å². The summed E-state index contributed by atoms with van der Waals surface area (Å²) in [6.45, 7) is 2.59. The van der Waals surface area contributed by atoms with Crippen molar-refractivity contribution < 1.29 is 4.79 Å². The Kier molecular flexibility index (Phi) is 6.01. The Hall–Kier alpha value is -0.960. The molecule has 0 unspecified atom stereocenters. The minimum absolute atomic E-state index is 0.117. The standard InChI is InChI=1S/C13H19NOS/c1-11(15)12-5-7-13(8-6-12)14-9-3-4-10-16-2/h5-8,14H,3-4,9-10H2,1-2H3. The average molecular weight is 237 g/mol. The van der Waals surface area contributed by atoms with Gasteiger partial charge in [-0.05, 0) is 56.0 Å². The SMILES string of the molecule is CSCCCCNc1ccc(C(C)=O)cc1. The molecule has 88 valence electrons. The zero-order valence-electron chi connectivity index (χ0n) is 9.95. The second kappa shape index (κ2) is 7.34. The van der Waals surface area contributed by atoms with Gasteiger partial charge in [0.2, 0.25) is 0 Å². The number of carbonyl (C=O) groups is 1. The highest BCUT2D eigenvalue weighted by Crippen LogP contribution is 2.10. The van der Waals surface area contributed by atoms with Crippen molar-refractivity contribution in [2.45, 2.75) is 19.8 Å². The summed E-state index contributed by atoms with van der Waals surface area (Å²) in [5, 5.41) is 3.35. The van der Waals surface area contributed by atoms with Crippen molar-refractivity contribution in [1.29, 1.82) is 0 Å². The lowest BCUT2D eigenvalue weighted by Gasteiger charge is -2.06. The van der Waals surface area contributed by atoms with E-state index in [0.29, 0.717) is 0 Å². The summed E-state index contributed by atoms with van der Waals surface area (Å²) in [6, 6.07) is 7.66. The Labute approximate surface area is 102 Å². The number of nitrogens with one attached hydrogen (secondary N) is 1. The van der Waals surface area contributed by atoms with Crippen LogP contribution in [0.25, 0.3) is 0 Å². The molecule has 0 aliphatic rings. The van der Waals surface area contributed by atoms with Crippen molar-refractivity contribution in [3.8, 4) is 0 Å². The Morgan fingerprint density at radius 3 is 2.50 bits per heavy atom. The molecule has 0 atom stereocenters. The van der Waals surface area contributed by atoms with Crippen molar-refractivity contribution in [3.63, 3.8) is 0 Å². The van der Waals surface area contributed by atoms with Crippen LogP contribution in [0.2, 0.25) is 0 Å². The topological polar surface area (TPSA) is 29.1 Å². The summed E-state index contributed by atoms with van der Waals surface area (Å²) < 4.78 is 0. The molecule has 0 saturated carbocycles. The number of Topliss-reactive ketones (excluding diaryl/α,β-unsaturated/α-hetero) is 1. The van der Waals surface area contributed by atoms with Gasteiger partial charge in [0, 0.05) is 17.8 Å². The Bertz CT molecular complexity index is 321. The van der Waals surface area contributed by atoms with Gasteiger partial charge in [-0.3, -0.25) is 4.79 Å². The molecular weight excluding hydrogens is 218 g/mol. The van der Waals surface area contributed by atoms with Gasteiger partial charge in [-0.25, -0.2) is 0 Å². The molecule has 1 rings (SSSR count). The largest absolute Gasteiger partial charge is 0.385 e. The van der Waals surface area contributed by atoms with Crippen molar-refractivity contribution in [3.05, 3.63) is 29.8 Å². The fourth-order valence-electron chi connectivity index (χ4n) is 1.43. The average Bonchev–Trinajstić information content (AvgIpc) is 2.29. The number of hydrogen-bond donors (Lipinski definition) is 1. The maximum Gasteiger partial charge on any atom is 0.159 e. The first-order valence-electron chi connectivity index (χ1n) is 5.58. The van der Waals surface area contributed by atoms with Crippen LogP contribution in [0.15, 0.2) is 24.3 Å². The van der Waals surface area contributed by atoms with E-state index in [1.165, 1.54) is 18.6 Å². The van der Waals surface area contributed by atoms with E-state index >= 15 is 0 Å². The van der Waals surface area contributed by atoms with Gasteiger partial charge in [-0.1, -0.05) is 0 Å². The number of hydrogen-bond acceptors (Lipinski definition) is 3. The number of ketones is 1. The molecule has 3 heteroatoms. The fourth-order valence-corrected chi connectivity index (χ4v) is 1.92. The molecular formula is C13H19NOS. The summed E-state index contributed by atoms with van der Waals surface area (Å²) in [5.41, 5.74) is 1.86. The summed E-state index contributed by atoms with van der Waals surface area (Å²) in [7, 11) is 0. The van der Waals surface area contributed by atoms with Gasteiger partial charge in [0.15, 0.2) is 5.78 Å². The summed E-state index contributed by atoms with van der Waals surface area (Å²) in [5.74, 6) is 1.34. The molecule has 0 aliphatic carbocycles. The first kappa shape index (κ1) is 13.1. The highest BCUT2D eigenvalue weighted by molar-refractivity contribution is 7.98. The smallest absolute Gasteiger partial charge is 0.159 e. The Morgan fingerprint density at radius 1 is 1.25 bits per heavy atom. The minimum atomic E-state index is 0.117. The van der Waals surface area contributed by atoms with E-state index < -0.39 is 0 Å². The van der Waals surface area contributed by atoms with E-state index in [4.69, 9.17) is 0 Å². The zero-order valence-corrected chi connectivity index (χ0v) is 10.8. The number of carbonyl (C=O) groups excluding carboxylic acids is 1. The van der Waals surface area contributed by atoms with Gasteiger partial charge >= 0.3 is 0 Å². The lowest BCUT2D eigenvalue weighted by Crippen LogP contribution is -2.02. The quantitative estimate of drug-likeness (QED) is 0.582. The van der Waals surface area contributed by atoms with E-state index in [9.17, 15) is 4.79 Å². The van der Waals surface area contributed by atoms with Gasteiger partial charge in [0.25, 0.3) is 0 Å². The molecule has 0 saturated heterocycles. The molecule has 0 bridgehead atoms. The Morgan fingerprint density at radius 2 is 1.94 bits per heavy atom. The third-order valence-electron chi connectivity index (χ3n) is 2.40. The van der Waals surface area contributed by atoms with Crippen LogP contribution in [0.4, 0.5) is 5.69 Å². The molecule has 2 nitrogen and oxygen atoms in total. The summed E-state index contributed by atoms with van der Waals surface area (Å²) >= 11 is 1.89. The highest BCUT2D eigenvalue weighted by Gasteiger charge is 1.98. The number of benzene rings is 1. The number of rotatable bonds is 7. The number of thioether (sulfide) groups is 1. The second-order valence-electron chi connectivity index (χ2n) is 3.76. The van der Waals surface area contributed by atoms with E-state index in [-0.39, 0.29) is 5.78 Å². The van der Waals surface area contributed by atoms with E-state index in [1.807, 2.05) is 36.0 Å². The molecule has 0 radical (unpaired) electrons. The third-order valence-corrected chi connectivity index (χ3v) is 3.09. The van der Waals surface area contributed by atoms with Crippen LogP contribution in [0, 0.1) is 0 Å². The molecule has 0 aromatic heterocycles. The molecule has 1 aromatic carbocycles. The van der Waals surface area contributed by atoms with Crippen molar-refractivity contribution in [2.24, 2.45) is 0 Å². The van der Waals surface area contributed by atoms with Crippen LogP contribution in [0.3, 0.4) is 0 Å². The molecule has 16 heavy (non-hydrogen) atoms. The van der Waals surface area contributed by atoms with Gasteiger partial charge in [0.1, 0.15) is 0 Å². The Balaban J connectivity index is 2.29. The second-order valence-corrected chi connectivity index (χ2v) is 4.75. The van der Waals surface area contributed by atoms with Crippen LogP contribution in [-0.4, -0.2) is 24.3 Å². The predicted octanol–water partition coefficient (Wildman–Crippen LogP) is 3.44. The van der Waals surface area contributed by atoms with Crippen LogP contribution < -0.4 is 5.32 Å². The first-order valence-corrected chi connectivity index (χ1v) is 6.97. The van der Waals surface area contributed by atoms with Gasteiger partial charge in [-0.2, -0.15) is 11.8 Å². The van der Waals surface area contributed by atoms with Crippen molar-refractivity contribution in [1.82, 2.24) is 0 Å². The number of anilines is 1. The van der Waals surface area contributed by atoms with E-state index in [0.717, 1.165) is 17.8 Å². The van der Waals surface area contributed by atoms with Gasteiger partial charge in [0.05, 0.1) is 0 Å². The maximum atomic E-state index is 11.1. The van der Waals surface area contributed by atoms with Crippen LogP contribution in [0.5, 0.6) is 0 Å². The van der Waals surface area contributed by atoms with Crippen molar-refractivity contribution >= 4 is 23.2 Å². The lowest BCUT2D eigenvalue weighted by molar-refractivity contribution is 0.101. The molecule has 0 fully saturated rings. The minimum Gasteiger partial charge on any atom is -0.385 e. The monoisotopic (exact) mass is 237 g/mol. The highest BCUT2D eigenvalue weighted by atomic mass is 32.2. The molecule has 0 spiro atoms. The molecule has 1 aromatic rings. The zero-order chi connectivity index (χ0) is 11.8. The van der Waals surface area contributed by atoms with Crippen LogP contribution in [-0.2, 0) is 0 Å². The number of unbranched alkanes of at least 4 members (excludes halogenated alkanes) is 1. The van der Waals surface area contributed by atoms with Crippen molar-refractivity contribution in [2.75, 3.05) is 23.9 Å². The van der Waals surface area contributed by atoms with E-state index in [1.54, 1.807) is 6.92 Å². The predicted molar refractivity (Wildman–Crippen MR) is 72.6 cm³/mol. The fraction of sp³-hybridized carbons (Fsp3) is 0.462. The van der Waals surface area contributed by atoms with Crippen LogP contribution in [0.1, 0.15) is 30.1 Å². The normalized spacial score (nSPS) is 10.1. The molecule has 1 N–H and O–H groups in total. The summed E-state index contributed by atoms with van der Waals surface area (Å²) in [6.07, 6.45) is 4.57. The maximum absolute atomic E-state index is 11.1. The van der Waals surface area contributed by atoms with Crippen LogP contribution >= 0.6 is 11.8 Å². The summed E-state index contributed by atoms with van der Waals surface area (Å²) in [4.78, 5) is 11.1. The molecule has 0 heterocycles. The lowest BCUT2D eigenvalue weighted by atomic mass is 10.1. The first-order chi connectivity index (χ1) is 7.74. The third kappa shape index (κ3) is 4.71. The molecule has 0 aliphatic heterocycles.